The second-order valence-electron chi connectivity index (χ2n) is 11.0. The Kier molecular flexibility index (Phi) is 8.62. The number of carbonyl (C=O) groups is 1. The van der Waals surface area contributed by atoms with Gasteiger partial charge in [-0.3, -0.25) is 10.2 Å². The first-order valence-electron chi connectivity index (χ1n) is 13.6. The van der Waals surface area contributed by atoms with Crippen molar-refractivity contribution in [2.45, 2.75) is 33.1 Å². The molecule has 0 atom stereocenters. The minimum absolute atomic E-state index is 0.177. The van der Waals surface area contributed by atoms with Crippen molar-refractivity contribution in [3.8, 4) is 11.4 Å². The lowest BCUT2D eigenvalue weighted by molar-refractivity contribution is 0.0323. The average molecular weight is 654 g/mol. The van der Waals surface area contributed by atoms with Crippen molar-refractivity contribution in [3.63, 3.8) is 0 Å². The van der Waals surface area contributed by atoms with E-state index in [1.54, 1.807) is 4.68 Å². The summed E-state index contributed by atoms with van der Waals surface area (Å²) in [6.45, 7) is 13.3. The molecule has 0 saturated carbocycles. The summed E-state index contributed by atoms with van der Waals surface area (Å²) >= 11 is 2.32. The van der Waals surface area contributed by atoms with Gasteiger partial charge in [0.05, 0.1) is 30.3 Å². The summed E-state index contributed by atoms with van der Waals surface area (Å²) in [6, 6.07) is 19.5. The lowest BCUT2D eigenvalue weighted by Gasteiger charge is -2.26. The molecule has 4 aromatic rings. The number of amides is 2. The number of rotatable bonds is 7. The zero-order valence-electron chi connectivity index (χ0n) is 23.5. The van der Waals surface area contributed by atoms with Crippen molar-refractivity contribution in [1.29, 1.82) is 0 Å². The number of anilines is 2. The number of benzene rings is 3. The third-order valence-electron chi connectivity index (χ3n) is 7.02. The molecule has 0 unspecified atom stereocenters. The summed E-state index contributed by atoms with van der Waals surface area (Å²) in [5, 5.41) is 12.8. The van der Waals surface area contributed by atoms with E-state index in [1.807, 2.05) is 48.5 Å². The number of hydrogen-bond donors (Lipinski definition) is 2. The first kappa shape index (κ1) is 28.4. The van der Waals surface area contributed by atoms with E-state index in [2.05, 4.69) is 78.0 Å². The average Bonchev–Trinajstić information content (AvgIpc) is 3.36. The van der Waals surface area contributed by atoms with Crippen LogP contribution in [0.15, 0.2) is 60.7 Å². The smallest absolute Gasteiger partial charge is 0.324 e. The fourth-order valence-corrected chi connectivity index (χ4v) is 5.13. The van der Waals surface area contributed by atoms with Crippen molar-refractivity contribution < 1.29 is 14.3 Å². The van der Waals surface area contributed by atoms with Gasteiger partial charge < -0.3 is 14.8 Å². The molecule has 0 aliphatic carbocycles. The van der Waals surface area contributed by atoms with Crippen LogP contribution in [0.5, 0.6) is 5.75 Å². The van der Waals surface area contributed by atoms with Gasteiger partial charge in [0.1, 0.15) is 18.2 Å². The zero-order valence-corrected chi connectivity index (χ0v) is 25.6. The molecular formula is C31H36IN5O3. The zero-order chi connectivity index (χ0) is 28.3. The highest BCUT2D eigenvalue weighted by Crippen LogP contribution is 2.32. The topological polar surface area (TPSA) is 80.7 Å². The van der Waals surface area contributed by atoms with Gasteiger partial charge in [0.25, 0.3) is 0 Å². The van der Waals surface area contributed by atoms with Crippen molar-refractivity contribution in [1.82, 2.24) is 14.7 Å². The van der Waals surface area contributed by atoms with Crippen molar-refractivity contribution >= 4 is 50.9 Å². The van der Waals surface area contributed by atoms with E-state index < -0.39 is 0 Å². The van der Waals surface area contributed by atoms with E-state index in [9.17, 15) is 4.79 Å². The molecule has 1 aliphatic heterocycles. The van der Waals surface area contributed by atoms with Gasteiger partial charge in [-0.1, -0.05) is 51.1 Å². The van der Waals surface area contributed by atoms with E-state index >= 15 is 0 Å². The van der Waals surface area contributed by atoms with Gasteiger partial charge in [0.2, 0.25) is 0 Å². The third kappa shape index (κ3) is 6.59. The maximum atomic E-state index is 13.3. The molecule has 0 radical (unpaired) electrons. The van der Waals surface area contributed by atoms with E-state index in [0.29, 0.717) is 18.1 Å². The summed E-state index contributed by atoms with van der Waals surface area (Å²) in [5.41, 5.74) is 3.51. The number of nitrogens with one attached hydrogen (secondary N) is 2. The van der Waals surface area contributed by atoms with E-state index in [4.69, 9.17) is 14.6 Å². The van der Waals surface area contributed by atoms with Crippen LogP contribution in [0.2, 0.25) is 0 Å². The third-order valence-corrected chi connectivity index (χ3v) is 8.18. The second-order valence-corrected chi connectivity index (χ2v) is 12.2. The van der Waals surface area contributed by atoms with Gasteiger partial charge in [-0.25, -0.2) is 9.48 Å². The normalized spacial score (nSPS) is 14.3. The molecule has 1 aromatic heterocycles. The summed E-state index contributed by atoms with van der Waals surface area (Å²) < 4.78 is 14.5. The molecule has 0 spiro atoms. The predicted octanol–water partition coefficient (Wildman–Crippen LogP) is 6.59. The van der Waals surface area contributed by atoms with Gasteiger partial charge in [-0.15, -0.1) is 0 Å². The molecule has 210 valence electrons. The van der Waals surface area contributed by atoms with Crippen LogP contribution in [0.3, 0.4) is 0 Å². The number of urea groups is 1. The molecule has 1 aliphatic rings. The van der Waals surface area contributed by atoms with Crippen LogP contribution >= 0.6 is 22.6 Å². The highest BCUT2D eigenvalue weighted by atomic mass is 127. The monoisotopic (exact) mass is 653 g/mol. The molecule has 1 saturated heterocycles. The number of aromatic nitrogens is 2. The molecule has 8 nitrogen and oxygen atoms in total. The molecule has 2 heterocycles. The molecular weight excluding hydrogens is 617 g/mol. The van der Waals surface area contributed by atoms with Crippen LogP contribution in [-0.2, 0) is 10.2 Å². The lowest BCUT2D eigenvalue weighted by Crippen LogP contribution is -2.38. The summed E-state index contributed by atoms with van der Waals surface area (Å²) in [4.78, 5) is 15.7. The number of ether oxygens (including phenoxy) is 2. The first-order chi connectivity index (χ1) is 19.2. The van der Waals surface area contributed by atoms with Crippen molar-refractivity contribution in [2.75, 3.05) is 50.1 Å². The molecule has 2 N–H and O–H groups in total. The van der Waals surface area contributed by atoms with Crippen LogP contribution in [0.1, 0.15) is 32.0 Å². The first-order valence-corrected chi connectivity index (χ1v) is 14.7. The predicted molar refractivity (Wildman–Crippen MR) is 169 cm³/mol. The van der Waals surface area contributed by atoms with Gasteiger partial charge in [0, 0.05) is 45.5 Å². The molecule has 40 heavy (non-hydrogen) atoms. The van der Waals surface area contributed by atoms with Gasteiger partial charge >= 0.3 is 6.03 Å². The van der Waals surface area contributed by atoms with Gasteiger partial charge in [-0.2, -0.15) is 5.10 Å². The number of aryl methyl sites for hydroxylation is 1. The Morgan fingerprint density at radius 2 is 1.77 bits per heavy atom. The molecule has 9 heteroatoms. The number of halogens is 1. The van der Waals surface area contributed by atoms with Crippen LogP contribution in [-0.4, -0.2) is 60.2 Å². The maximum Gasteiger partial charge on any atom is 0.324 e. The number of morpholine rings is 1. The number of fused-ring (bicyclic) bond motifs is 1. The lowest BCUT2D eigenvalue weighted by atomic mass is 9.92. The van der Waals surface area contributed by atoms with Crippen molar-refractivity contribution in [2.24, 2.45) is 0 Å². The highest BCUT2D eigenvalue weighted by Gasteiger charge is 2.22. The number of carbonyl (C=O) groups excluding carboxylic acids is 1. The Hall–Kier alpha value is -3.15. The summed E-state index contributed by atoms with van der Waals surface area (Å²) in [7, 11) is 0. The highest BCUT2D eigenvalue weighted by molar-refractivity contribution is 14.1. The fraction of sp³-hybridized carbons (Fsp3) is 0.355. The Labute approximate surface area is 249 Å². The second kappa shape index (κ2) is 12.2. The van der Waals surface area contributed by atoms with Gasteiger partial charge in [0.15, 0.2) is 0 Å². The molecule has 2 amide bonds. The summed E-state index contributed by atoms with van der Waals surface area (Å²) in [6.07, 6.45) is 0. The van der Waals surface area contributed by atoms with E-state index in [-0.39, 0.29) is 11.4 Å². The van der Waals surface area contributed by atoms with Crippen LogP contribution in [0, 0.1) is 10.5 Å². The Morgan fingerprint density at radius 1 is 1.02 bits per heavy atom. The Morgan fingerprint density at radius 3 is 2.50 bits per heavy atom. The minimum atomic E-state index is -0.338. The van der Waals surface area contributed by atoms with Crippen LogP contribution < -0.4 is 15.4 Å². The van der Waals surface area contributed by atoms with Crippen LogP contribution in [0.4, 0.5) is 16.3 Å². The molecule has 0 bridgehead atoms. The summed E-state index contributed by atoms with van der Waals surface area (Å²) in [5.74, 6) is 1.41. The van der Waals surface area contributed by atoms with E-state index in [0.717, 1.165) is 64.3 Å². The van der Waals surface area contributed by atoms with Crippen LogP contribution in [0.25, 0.3) is 16.5 Å². The number of hydrogen-bond acceptors (Lipinski definition) is 5. The Bertz CT molecular complexity index is 1500. The maximum absolute atomic E-state index is 13.3. The standard InChI is InChI=1S/C31H36IN5O3/c1-21-9-10-22(19-25(21)32)37-29(20-28(35-37)31(2,3)4)34-30(38)33-26-11-12-27(24-8-6-5-7-23(24)26)40-18-15-36-13-16-39-17-14-36/h5-12,19-20H,13-18H2,1-4H3,(H2,33,34,38). The number of nitrogens with zero attached hydrogens (tertiary/aromatic N) is 3. The fourth-order valence-electron chi connectivity index (χ4n) is 4.63. The SMILES string of the molecule is Cc1ccc(-n2nc(C(C)(C)C)cc2NC(=O)Nc2ccc(OCCN3CCOCC3)c3ccccc23)cc1I. The molecule has 3 aromatic carbocycles. The van der Waals surface area contributed by atoms with E-state index in [1.165, 1.54) is 5.56 Å². The Balaban J connectivity index is 1.35. The quantitative estimate of drug-likeness (QED) is 0.220. The largest absolute Gasteiger partial charge is 0.492 e. The molecule has 1 fully saturated rings. The van der Waals surface area contributed by atoms with Crippen molar-refractivity contribution in [3.05, 3.63) is 75.5 Å². The van der Waals surface area contributed by atoms with Gasteiger partial charge in [-0.05, 0) is 59.3 Å². The minimum Gasteiger partial charge on any atom is -0.492 e. The molecule has 5 rings (SSSR count).